The molecule has 0 amide bonds. The zero-order chi connectivity index (χ0) is 28.8. The van der Waals surface area contributed by atoms with Crippen LogP contribution < -0.4 is 4.90 Å². The predicted octanol–water partition coefficient (Wildman–Crippen LogP) is 12.9. The molecule has 0 atom stereocenters. The minimum absolute atomic E-state index is 0.912. The van der Waals surface area contributed by atoms with Gasteiger partial charge in [0.2, 0.25) is 0 Å². The van der Waals surface area contributed by atoms with E-state index in [4.69, 9.17) is 4.42 Å². The van der Waals surface area contributed by atoms with Crippen LogP contribution in [0.2, 0.25) is 0 Å². The lowest BCUT2D eigenvalue weighted by Gasteiger charge is -2.27. The van der Waals surface area contributed by atoms with E-state index in [2.05, 4.69) is 138 Å². The van der Waals surface area contributed by atoms with Crippen molar-refractivity contribution in [1.29, 1.82) is 0 Å². The molecule has 0 aliphatic rings. The maximum Gasteiger partial charge on any atom is 0.145 e. The molecule has 0 radical (unpaired) electrons. The number of hydrogen-bond donors (Lipinski definition) is 0. The SMILES string of the molecule is c1cc(N(c2ccc3c(c2)sc2ccccc23)c2ccc3c(c2)sc2ccccc23)c2c(c1)ccc1c3ccccc3oc12. The lowest BCUT2D eigenvalue weighted by atomic mass is 10.0. The topological polar surface area (TPSA) is 16.4 Å². The van der Waals surface area contributed by atoms with Gasteiger partial charge in [-0.25, -0.2) is 0 Å². The Bertz CT molecular complexity index is 2630. The highest BCUT2D eigenvalue weighted by atomic mass is 32.1. The number of furan rings is 1. The highest BCUT2D eigenvalue weighted by Gasteiger charge is 2.21. The van der Waals surface area contributed by atoms with E-state index in [1.807, 2.05) is 28.7 Å². The van der Waals surface area contributed by atoms with Crippen molar-refractivity contribution in [2.24, 2.45) is 0 Å². The lowest BCUT2D eigenvalue weighted by Crippen LogP contribution is -2.10. The summed E-state index contributed by atoms with van der Waals surface area (Å²) in [7, 11) is 0. The number of rotatable bonds is 3. The Labute approximate surface area is 260 Å². The maximum absolute atomic E-state index is 6.63. The van der Waals surface area contributed by atoms with Crippen LogP contribution in [-0.2, 0) is 0 Å². The van der Waals surface area contributed by atoms with Crippen LogP contribution in [0.3, 0.4) is 0 Å². The van der Waals surface area contributed by atoms with Gasteiger partial charge in [-0.2, -0.15) is 0 Å². The van der Waals surface area contributed by atoms with Crippen molar-refractivity contribution in [3.8, 4) is 0 Å². The van der Waals surface area contributed by atoms with Crippen molar-refractivity contribution in [2.75, 3.05) is 4.90 Å². The Morgan fingerprint density at radius 1 is 0.432 bits per heavy atom. The van der Waals surface area contributed by atoms with Crippen LogP contribution in [0.4, 0.5) is 17.1 Å². The van der Waals surface area contributed by atoms with Crippen molar-refractivity contribution in [2.45, 2.75) is 0 Å². The highest BCUT2D eigenvalue weighted by Crippen LogP contribution is 2.47. The molecule has 0 saturated carbocycles. The smallest absolute Gasteiger partial charge is 0.145 e. The second-order valence-corrected chi connectivity index (χ2v) is 13.5. The molecular weight excluding hydrogens is 575 g/mol. The third-order valence-electron chi connectivity index (χ3n) is 8.85. The van der Waals surface area contributed by atoms with Crippen LogP contribution in [0.25, 0.3) is 73.1 Å². The van der Waals surface area contributed by atoms with E-state index >= 15 is 0 Å². The molecule has 10 aromatic rings. The van der Waals surface area contributed by atoms with Crippen LogP contribution >= 0.6 is 22.7 Å². The van der Waals surface area contributed by atoms with E-state index < -0.39 is 0 Å². The molecule has 0 aliphatic heterocycles. The van der Waals surface area contributed by atoms with Crippen molar-refractivity contribution in [3.63, 3.8) is 0 Å². The van der Waals surface area contributed by atoms with Crippen LogP contribution in [0, 0.1) is 0 Å². The van der Waals surface area contributed by atoms with Gasteiger partial charge in [-0.15, -0.1) is 22.7 Å². The Balaban J connectivity index is 1.29. The van der Waals surface area contributed by atoms with Gasteiger partial charge in [-0.1, -0.05) is 84.9 Å². The molecule has 0 N–H and O–H groups in total. The van der Waals surface area contributed by atoms with Gasteiger partial charge in [-0.3, -0.25) is 0 Å². The Morgan fingerprint density at radius 3 is 1.68 bits per heavy atom. The van der Waals surface area contributed by atoms with Gasteiger partial charge in [0.05, 0.1) is 5.69 Å². The number of thiophene rings is 2. The second-order valence-electron chi connectivity index (χ2n) is 11.3. The molecule has 0 spiro atoms. The number of para-hydroxylation sites is 1. The summed E-state index contributed by atoms with van der Waals surface area (Å²) in [6, 6.07) is 50.6. The molecule has 206 valence electrons. The molecule has 2 nitrogen and oxygen atoms in total. The van der Waals surface area contributed by atoms with Gasteiger partial charge in [0.25, 0.3) is 0 Å². The summed E-state index contributed by atoms with van der Waals surface area (Å²) < 4.78 is 11.8. The fraction of sp³-hybridized carbons (Fsp3) is 0. The summed E-state index contributed by atoms with van der Waals surface area (Å²) in [5, 5.41) is 9.78. The number of anilines is 3. The van der Waals surface area contributed by atoms with E-state index in [1.165, 1.54) is 40.3 Å². The maximum atomic E-state index is 6.63. The minimum atomic E-state index is 0.912. The van der Waals surface area contributed by atoms with Gasteiger partial charge in [0.15, 0.2) is 0 Å². The molecule has 44 heavy (non-hydrogen) atoms. The third kappa shape index (κ3) is 3.47. The molecule has 10 rings (SSSR count). The average molecular weight is 598 g/mol. The van der Waals surface area contributed by atoms with Crippen LogP contribution in [-0.4, -0.2) is 0 Å². The number of hydrogen-bond acceptors (Lipinski definition) is 4. The summed E-state index contributed by atoms with van der Waals surface area (Å²) in [5.74, 6) is 0. The van der Waals surface area contributed by atoms with Crippen molar-refractivity contribution >= 4 is 113 Å². The Hall–Kier alpha value is -5.16. The summed E-state index contributed by atoms with van der Waals surface area (Å²) in [5.41, 5.74) is 5.20. The molecule has 0 saturated heterocycles. The van der Waals surface area contributed by atoms with Crippen molar-refractivity contribution in [3.05, 3.63) is 140 Å². The number of nitrogens with zero attached hydrogens (tertiary/aromatic N) is 1. The van der Waals surface area contributed by atoms with Gasteiger partial charge < -0.3 is 9.32 Å². The van der Waals surface area contributed by atoms with Gasteiger partial charge in [0.1, 0.15) is 11.2 Å². The largest absolute Gasteiger partial charge is 0.455 e. The van der Waals surface area contributed by atoms with Gasteiger partial charge in [0, 0.05) is 67.9 Å². The molecule has 3 aromatic heterocycles. The van der Waals surface area contributed by atoms with Crippen LogP contribution in [0.15, 0.2) is 144 Å². The van der Waals surface area contributed by atoms with E-state index in [1.54, 1.807) is 0 Å². The van der Waals surface area contributed by atoms with Crippen molar-refractivity contribution in [1.82, 2.24) is 0 Å². The molecule has 0 aliphatic carbocycles. The summed E-state index contributed by atoms with van der Waals surface area (Å²) in [6.45, 7) is 0. The van der Waals surface area contributed by atoms with E-state index in [-0.39, 0.29) is 0 Å². The molecule has 0 bridgehead atoms. The predicted molar refractivity (Wildman–Crippen MR) is 192 cm³/mol. The zero-order valence-corrected chi connectivity index (χ0v) is 25.1. The monoisotopic (exact) mass is 597 g/mol. The van der Waals surface area contributed by atoms with E-state index in [0.717, 1.165) is 49.8 Å². The average Bonchev–Trinajstić information content (AvgIpc) is 3.75. The Kier molecular flexibility index (Phi) is 5.06. The zero-order valence-electron chi connectivity index (χ0n) is 23.5. The summed E-state index contributed by atoms with van der Waals surface area (Å²) in [6.07, 6.45) is 0. The first-order valence-electron chi connectivity index (χ1n) is 14.8. The van der Waals surface area contributed by atoms with E-state index in [0.29, 0.717) is 0 Å². The first kappa shape index (κ1) is 24.3. The lowest BCUT2D eigenvalue weighted by molar-refractivity contribution is 0.672. The summed E-state index contributed by atoms with van der Waals surface area (Å²) >= 11 is 3.71. The first-order valence-corrected chi connectivity index (χ1v) is 16.4. The molecule has 0 fully saturated rings. The van der Waals surface area contributed by atoms with Gasteiger partial charge in [-0.05, 0) is 60.0 Å². The fourth-order valence-corrected chi connectivity index (χ4v) is 9.13. The second kappa shape index (κ2) is 9.17. The summed E-state index contributed by atoms with van der Waals surface area (Å²) in [4.78, 5) is 2.42. The first-order chi connectivity index (χ1) is 21.8. The molecule has 7 aromatic carbocycles. The number of fused-ring (bicyclic) bond motifs is 11. The molecule has 4 heteroatoms. The Morgan fingerprint density at radius 2 is 1.00 bits per heavy atom. The molecular formula is C40H23NOS2. The van der Waals surface area contributed by atoms with Crippen LogP contribution in [0.1, 0.15) is 0 Å². The standard InChI is InChI=1S/C40H23NOS2/c1-4-13-34-27(9-1)32-19-16-24-8-7-12-33(39(24)40(32)42-34)41(25-17-20-30-28-10-2-5-14-35(28)43-37(30)22-25)26-18-21-31-29-11-3-6-15-36(29)44-38(31)23-26/h1-23H. The fourth-order valence-electron chi connectivity index (χ4n) is 6.85. The van der Waals surface area contributed by atoms with Crippen molar-refractivity contribution < 1.29 is 4.42 Å². The highest BCUT2D eigenvalue weighted by molar-refractivity contribution is 7.26. The third-order valence-corrected chi connectivity index (χ3v) is 11.1. The molecule has 3 heterocycles. The van der Waals surface area contributed by atoms with Gasteiger partial charge >= 0.3 is 0 Å². The minimum Gasteiger partial charge on any atom is -0.455 e. The quantitative estimate of drug-likeness (QED) is 0.201. The van der Waals surface area contributed by atoms with E-state index in [9.17, 15) is 0 Å². The normalized spacial score (nSPS) is 12.1. The van der Waals surface area contributed by atoms with Crippen LogP contribution in [0.5, 0.6) is 0 Å². The number of benzene rings is 7. The molecule has 0 unspecified atom stereocenters.